The van der Waals surface area contributed by atoms with Crippen LogP contribution < -0.4 is 14.9 Å². The van der Waals surface area contributed by atoms with E-state index in [9.17, 15) is 4.79 Å². The van der Waals surface area contributed by atoms with E-state index in [1.165, 1.54) is 12.4 Å². The number of pyridine rings is 2. The summed E-state index contributed by atoms with van der Waals surface area (Å²) in [4.78, 5) is 20.3. The highest BCUT2D eigenvalue weighted by Gasteiger charge is 2.22. The first-order valence-corrected chi connectivity index (χ1v) is 9.54. The lowest BCUT2D eigenvalue weighted by Gasteiger charge is -2.18. The predicted molar refractivity (Wildman–Crippen MR) is 107 cm³/mol. The molecule has 27 heavy (non-hydrogen) atoms. The number of rotatable bonds is 4. The summed E-state index contributed by atoms with van der Waals surface area (Å²) in [5.41, 5.74) is 1.27. The number of H-pyrrole nitrogens is 1. The van der Waals surface area contributed by atoms with E-state index in [2.05, 4.69) is 9.97 Å². The van der Waals surface area contributed by atoms with Gasteiger partial charge in [0.25, 0.3) is 0 Å². The van der Waals surface area contributed by atoms with E-state index in [-0.39, 0.29) is 11.5 Å². The number of benzene rings is 1. The second-order valence-electron chi connectivity index (χ2n) is 6.55. The largest absolute Gasteiger partial charge is 0.493 e. The second-order valence-corrected chi connectivity index (χ2v) is 7.37. The Bertz CT molecular complexity index is 1040. The minimum atomic E-state index is -0.183. The fourth-order valence-corrected chi connectivity index (χ4v) is 4.12. The number of aromatic amines is 1. The summed E-state index contributed by atoms with van der Waals surface area (Å²) >= 11 is 12.5. The summed E-state index contributed by atoms with van der Waals surface area (Å²) in [5.74, 6) is 1.16. The molecule has 0 unspecified atom stereocenters. The third kappa shape index (κ3) is 3.26. The number of aromatic nitrogens is 2. The molecule has 140 valence electrons. The highest BCUT2D eigenvalue weighted by molar-refractivity contribution is 6.39. The van der Waals surface area contributed by atoms with Crippen molar-refractivity contribution >= 4 is 34.1 Å². The topological polar surface area (TPSA) is 64.2 Å². The Kier molecular flexibility index (Phi) is 4.98. The van der Waals surface area contributed by atoms with Crippen LogP contribution in [0.3, 0.4) is 0 Å². The zero-order valence-electron chi connectivity index (χ0n) is 14.7. The second kappa shape index (κ2) is 7.41. The van der Waals surface area contributed by atoms with Gasteiger partial charge in [0.1, 0.15) is 0 Å². The number of methoxy groups -OCH3 is 1. The molecule has 5 nitrogen and oxygen atoms in total. The lowest BCUT2D eigenvalue weighted by atomic mass is 10.0. The van der Waals surface area contributed by atoms with E-state index in [0.29, 0.717) is 43.6 Å². The van der Waals surface area contributed by atoms with Gasteiger partial charge in [-0.2, -0.15) is 0 Å². The predicted octanol–water partition coefficient (Wildman–Crippen LogP) is 5.23. The number of fused-ring (bicyclic) bond motifs is 1. The number of hydrogen-bond donors (Lipinski definition) is 1. The van der Waals surface area contributed by atoms with Crippen molar-refractivity contribution in [2.24, 2.45) is 0 Å². The van der Waals surface area contributed by atoms with Crippen LogP contribution in [0.25, 0.3) is 22.0 Å². The minimum absolute atomic E-state index is 0.136. The molecule has 7 heteroatoms. The Morgan fingerprint density at radius 3 is 2.52 bits per heavy atom. The number of halogens is 2. The highest BCUT2D eigenvalue weighted by atomic mass is 35.5. The van der Waals surface area contributed by atoms with Gasteiger partial charge in [-0.3, -0.25) is 9.78 Å². The van der Waals surface area contributed by atoms with Crippen LogP contribution in [0.1, 0.15) is 25.7 Å². The number of hydrogen-bond acceptors (Lipinski definition) is 4. The summed E-state index contributed by atoms with van der Waals surface area (Å²) in [6.45, 7) is 0. The van der Waals surface area contributed by atoms with E-state index in [0.717, 1.165) is 25.7 Å². The van der Waals surface area contributed by atoms with Crippen LogP contribution in [0.2, 0.25) is 10.0 Å². The van der Waals surface area contributed by atoms with E-state index < -0.39 is 0 Å². The van der Waals surface area contributed by atoms with Crippen LogP contribution in [0.5, 0.6) is 11.5 Å². The summed E-state index contributed by atoms with van der Waals surface area (Å²) in [5, 5.41) is 1.14. The summed E-state index contributed by atoms with van der Waals surface area (Å²) in [6, 6.07) is 3.47. The van der Waals surface area contributed by atoms with Crippen molar-refractivity contribution in [1.82, 2.24) is 9.97 Å². The molecule has 2 heterocycles. The lowest BCUT2D eigenvalue weighted by molar-refractivity contribution is 0.203. The molecule has 3 aromatic rings. The first-order chi connectivity index (χ1) is 13.1. The Hall–Kier alpha value is -2.24. The Morgan fingerprint density at radius 1 is 1.15 bits per heavy atom. The number of nitrogens with zero attached hydrogens (tertiary/aromatic N) is 1. The third-order valence-electron chi connectivity index (χ3n) is 4.90. The normalized spacial score (nSPS) is 14.6. The van der Waals surface area contributed by atoms with Gasteiger partial charge in [-0.15, -0.1) is 0 Å². The van der Waals surface area contributed by atoms with Crippen molar-refractivity contribution in [3.05, 3.63) is 51.0 Å². The molecule has 0 atom stereocenters. The molecule has 0 aliphatic heterocycles. The van der Waals surface area contributed by atoms with E-state index in [1.54, 1.807) is 25.4 Å². The van der Waals surface area contributed by atoms with Crippen molar-refractivity contribution in [3.8, 4) is 22.6 Å². The van der Waals surface area contributed by atoms with Crippen LogP contribution in [0.15, 0.2) is 35.5 Å². The highest BCUT2D eigenvalue weighted by Crippen LogP contribution is 2.38. The van der Waals surface area contributed by atoms with Gasteiger partial charge < -0.3 is 14.5 Å². The zero-order valence-corrected chi connectivity index (χ0v) is 16.2. The molecular weight excluding hydrogens is 387 g/mol. The molecule has 4 rings (SSSR count). The molecule has 1 aliphatic rings. The van der Waals surface area contributed by atoms with Crippen molar-refractivity contribution < 1.29 is 9.47 Å². The van der Waals surface area contributed by atoms with Gasteiger partial charge in [-0.05, 0) is 37.8 Å². The van der Waals surface area contributed by atoms with E-state index in [1.807, 2.05) is 0 Å². The summed E-state index contributed by atoms with van der Waals surface area (Å²) in [6.07, 6.45) is 8.99. The van der Waals surface area contributed by atoms with Gasteiger partial charge in [-0.25, -0.2) is 0 Å². The fraction of sp³-hybridized carbons (Fsp3) is 0.300. The van der Waals surface area contributed by atoms with Crippen LogP contribution in [-0.4, -0.2) is 23.2 Å². The van der Waals surface area contributed by atoms with Gasteiger partial charge in [0, 0.05) is 29.7 Å². The van der Waals surface area contributed by atoms with Gasteiger partial charge in [0.15, 0.2) is 16.9 Å². The van der Waals surface area contributed by atoms with Crippen LogP contribution >= 0.6 is 23.2 Å². The standard InChI is InChI=1S/C20H18Cl2N2O3/c1-26-16-7-6-12-18(20(16)27-11-4-2-3-5-11)24-8-13(19(12)25)17-14(21)9-23-10-15(17)22/h6-11H,2-5H2,1H3,(H,24,25). The molecule has 1 saturated carbocycles. The zero-order chi connectivity index (χ0) is 19.0. The van der Waals surface area contributed by atoms with Gasteiger partial charge in [-0.1, -0.05) is 23.2 Å². The SMILES string of the molecule is COc1ccc2c(=O)c(-c3c(Cl)cncc3Cl)c[nH]c2c1OC1CCCC1. The molecular formula is C20H18Cl2N2O3. The average molecular weight is 405 g/mol. The molecule has 2 aromatic heterocycles. The lowest BCUT2D eigenvalue weighted by Crippen LogP contribution is -2.14. The molecule has 1 N–H and O–H groups in total. The van der Waals surface area contributed by atoms with Crippen molar-refractivity contribution in [3.63, 3.8) is 0 Å². The van der Waals surface area contributed by atoms with Crippen LogP contribution in [0.4, 0.5) is 0 Å². The van der Waals surface area contributed by atoms with Crippen LogP contribution in [0, 0.1) is 0 Å². The van der Waals surface area contributed by atoms with Crippen molar-refractivity contribution in [1.29, 1.82) is 0 Å². The molecule has 0 saturated heterocycles. The quantitative estimate of drug-likeness (QED) is 0.646. The number of ether oxygens (including phenoxy) is 2. The molecule has 0 spiro atoms. The van der Waals surface area contributed by atoms with Gasteiger partial charge in [0.05, 0.1) is 34.2 Å². The van der Waals surface area contributed by atoms with Crippen molar-refractivity contribution in [2.45, 2.75) is 31.8 Å². The Morgan fingerprint density at radius 2 is 1.85 bits per heavy atom. The minimum Gasteiger partial charge on any atom is -0.493 e. The van der Waals surface area contributed by atoms with E-state index in [4.69, 9.17) is 32.7 Å². The molecule has 0 amide bonds. The molecule has 0 radical (unpaired) electrons. The smallest absolute Gasteiger partial charge is 0.197 e. The average Bonchev–Trinajstić information content (AvgIpc) is 3.17. The summed E-state index contributed by atoms with van der Waals surface area (Å²) < 4.78 is 11.7. The fourth-order valence-electron chi connectivity index (χ4n) is 3.56. The maximum atomic E-state index is 13.2. The first kappa shape index (κ1) is 18.1. The summed E-state index contributed by atoms with van der Waals surface area (Å²) in [7, 11) is 1.59. The Labute approximate surface area is 166 Å². The van der Waals surface area contributed by atoms with E-state index >= 15 is 0 Å². The molecule has 0 bridgehead atoms. The maximum Gasteiger partial charge on any atom is 0.197 e. The van der Waals surface area contributed by atoms with Gasteiger partial charge >= 0.3 is 0 Å². The third-order valence-corrected chi connectivity index (χ3v) is 5.47. The first-order valence-electron chi connectivity index (χ1n) is 8.78. The maximum absolute atomic E-state index is 13.2. The molecule has 1 aliphatic carbocycles. The number of nitrogens with one attached hydrogen (secondary N) is 1. The van der Waals surface area contributed by atoms with Gasteiger partial charge in [0.2, 0.25) is 0 Å². The Balaban J connectivity index is 1.90. The monoisotopic (exact) mass is 404 g/mol. The molecule has 1 aromatic carbocycles. The van der Waals surface area contributed by atoms with Crippen molar-refractivity contribution in [2.75, 3.05) is 7.11 Å². The van der Waals surface area contributed by atoms with Crippen LogP contribution in [-0.2, 0) is 0 Å². The molecule has 1 fully saturated rings.